The lowest BCUT2D eigenvalue weighted by Crippen LogP contribution is -1.99. The van der Waals surface area contributed by atoms with Gasteiger partial charge in [0.05, 0.1) is 0 Å². The first-order valence-corrected chi connectivity index (χ1v) is 4.56. The Morgan fingerprint density at radius 2 is 2.36 bits per heavy atom. The smallest absolute Gasteiger partial charge is 0.105 e. The average molecular weight is 170 g/mol. The van der Waals surface area contributed by atoms with Crippen LogP contribution in [0.15, 0.2) is 12.4 Å². The number of hydrogen-bond acceptors (Lipinski definition) is 2. The van der Waals surface area contributed by atoms with Crippen LogP contribution in [-0.4, -0.2) is 15.3 Å². The minimum Gasteiger partial charge on any atom is -0.335 e. The molecule has 0 bridgehead atoms. The van der Waals surface area contributed by atoms with Crippen LogP contribution in [0, 0.1) is 6.92 Å². The van der Waals surface area contributed by atoms with E-state index in [4.69, 9.17) is 0 Å². The van der Waals surface area contributed by atoms with Crippen LogP contribution < -0.4 is 0 Å². The maximum Gasteiger partial charge on any atom is 0.105 e. The molecule has 0 atom stereocenters. The summed E-state index contributed by atoms with van der Waals surface area (Å²) in [6, 6.07) is 0. The summed E-state index contributed by atoms with van der Waals surface area (Å²) in [5, 5.41) is 0. The second-order valence-electron chi connectivity index (χ2n) is 2.60. The highest BCUT2D eigenvalue weighted by molar-refractivity contribution is 7.80. The Labute approximate surface area is 73.0 Å². The molecule has 3 heteroatoms. The van der Waals surface area contributed by atoms with Crippen molar-refractivity contribution in [3.63, 3.8) is 0 Å². The summed E-state index contributed by atoms with van der Waals surface area (Å²) < 4.78 is 2.17. The van der Waals surface area contributed by atoms with Gasteiger partial charge in [-0.15, -0.1) is 0 Å². The summed E-state index contributed by atoms with van der Waals surface area (Å²) >= 11 is 4.15. The van der Waals surface area contributed by atoms with E-state index in [0.29, 0.717) is 0 Å². The Bertz CT molecular complexity index is 208. The molecular weight excluding hydrogens is 156 g/mol. The number of nitrogens with zero attached hydrogens (tertiary/aromatic N) is 2. The summed E-state index contributed by atoms with van der Waals surface area (Å²) in [5.74, 6) is 2.08. The third-order valence-corrected chi connectivity index (χ3v) is 2.05. The molecule has 0 aliphatic heterocycles. The molecule has 0 aliphatic carbocycles. The monoisotopic (exact) mass is 170 g/mol. The van der Waals surface area contributed by atoms with E-state index in [2.05, 4.69) is 22.2 Å². The Balaban J connectivity index is 2.32. The number of thiol groups is 1. The van der Waals surface area contributed by atoms with Crippen LogP contribution in [0.3, 0.4) is 0 Å². The molecule has 1 aromatic rings. The molecule has 0 N–H and O–H groups in total. The minimum absolute atomic E-state index is 0.980. The zero-order valence-corrected chi connectivity index (χ0v) is 7.72. The molecule has 0 saturated carbocycles. The standard InChI is InChI=1S/C8H14N2S/c1-8-9-4-6-10(8)5-2-3-7-11/h4,6,11H,2-3,5,7H2,1H3. The fourth-order valence-electron chi connectivity index (χ4n) is 1.03. The first-order chi connectivity index (χ1) is 5.34. The molecule has 0 saturated heterocycles. The number of imidazole rings is 1. The highest BCUT2D eigenvalue weighted by Gasteiger charge is 1.94. The van der Waals surface area contributed by atoms with E-state index in [1.54, 1.807) is 0 Å². The van der Waals surface area contributed by atoms with Crippen molar-refractivity contribution in [2.45, 2.75) is 26.3 Å². The highest BCUT2D eigenvalue weighted by atomic mass is 32.1. The van der Waals surface area contributed by atoms with Crippen molar-refractivity contribution in [1.29, 1.82) is 0 Å². The third kappa shape index (κ3) is 2.58. The van der Waals surface area contributed by atoms with E-state index < -0.39 is 0 Å². The van der Waals surface area contributed by atoms with Crippen molar-refractivity contribution in [3.05, 3.63) is 18.2 Å². The zero-order valence-electron chi connectivity index (χ0n) is 6.82. The van der Waals surface area contributed by atoms with E-state index in [-0.39, 0.29) is 0 Å². The van der Waals surface area contributed by atoms with Gasteiger partial charge in [0.2, 0.25) is 0 Å². The van der Waals surface area contributed by atoms with Gasteiger partial charge in [0.25, 0.3) is 0 Å². The number of aryl methyl sites for hydroxylation is 2. The molecule has 0 unspecified atom stereocenters. The van der Waals surface area contributed by atoms with Gasteiger partial charge in [-0.3, -0.25) is 0 Å². The van der Waals surface area contributed by atoms with Crippen molar-refractivity contribution in [3.8, 4) is 0 Å². The third-order valence-electron chi connectivity index (χ3n) is 1.73. The molecule has 0 aromatic carbocycles. The summed E-state index contributed by atoms with van der Waals surface area (Å²) in [6.07, 6.45) is 6.24. The lowest BCUT2D eigenvalue weighted by atomic mass is 10.3. The summed E-state index contributed by atoms with van der Waals surface area (Å²) in [6.45, 7) is 3.10. The molecule has 0 radical (unpaired) electrons. The first-order valence-electron chi connectivity index (χ1n) is 3.93. The molecule has 0 aliphatic rings. The van der Waals surface area contributed by atoms with Crippen molar-refractivity contribution < 1.29 is 0 Å². The topological polar surface area (TPSA) is 17.8 Å². The highest BCUT2D eigenvalue weighted by Crippen LogP contribution is 1.99. The van der Waals surface area contributed by atoms with Crippen molar-refractivity contribution in [1.82, 2.24) is 9.55 Å². The van der Waals surface area contributed by atoms with E-state index in [1.165, 1.54) is 12.8 Å². The second kappa shape index (κ2) is 4.44. The average Bonchev–Trinajstić information content (AvgIpc) is 2.37. The lowest BCUT2D eigenvalue weighted by Gasteiger charge is -2.02. The van der Waals surface area contributed by atoms with Crippen molar-refractivity contribution in [2.75, 3.05) is 5.75 Å². The molecule has 2 nitrogen and oxygen atoms in total. The molecule has 0 amide bonds. The lowest BCUT2D eigenvalue weighted by molar-refractivity contribution is 0.619. The number of aromatic nitrogens is 2. The molecule has 0 fully saturated rings. The van der Waals surface area contributed by atoms with Gasteiger partial charge in [-0.2, -0.15) is 12.6 Å². The van der Waals surface area contributed by atoms with Gasteiger partial charge in [-0.05, 0) is 25.5 Å². The normalized spacial score (nSPS) is 10.4. The SMILES string of the molecule is Cc1nccn1CCCCS. The van der Waals surface area contributed by atoms with Crippen LogP contribution in [-0.2, 0) is 6.54 Å². The fourth-order valence-corrected chi connectivity index (χ4v) is 1.26. The fraction of sp³-hybridized carbons (Fsp3) is 0.625. The Morgan fingerprint density at radius 1 is 1.55 bits per heavy atom. The van der Waals surface area contributed by atoms with Crippen molar-refractivity contribution >= 4 is 12.6 Å². The molecule has 62 valence electrons. The van der Waals surface area contributed by atoms with Gasteiger partial charge in [0, 0.05) is 18.9 Å². The number of hydrogen-bond donors (Lipinski definition) is 1. The predicted molar refractivity (Wildman–Crippen MR) is 50.1 cm³/mol. The van der Waals surface area contributed by atoms with Crippen LogP contribution >= 0.6 is 12.6 Å². The zero-order chi connectivity index (χ0) is 8.10. The largest absolute Gasteiger partial charge is 0.335 e. The Morgan fingerprint density at radius 3 is 2.91 bits per heavy atom. The van der Waals surface area contributed by atoms with Crippen molar-refractivity contribution in [2.24, 2.45) is 0 Å². The maximum absolute atomic E-state index is 4.15. The molecule has 1 rings (SSSR count). The quantitative estimate of drug-likeness (QED) is 0.540. The predicted octanol–water partition coefficient (Wildman–Crippen LogP) is 1.90. The van der Waals surface area contributed by atoms with Gasteiger partial charge in [0.1, 0.15) is 5.82 Å². The van der Waals surface area contributed by atoms with E-state index in [9.17, 15) is 0 Å². The van der Waals surface area contributed by atoms with Crippen LogP contribution in [0.25, 0.3) is 0 Å². The van der Waals surface area contributed by atoms with Crippen LogP contribution in [0.5, 0.6) is 0 Å². The number of rotatable bonds is 4. The molecular formula is C8H14N2S. The summed E-state index contributed by atoms with van der Waals surface area (Å²) in [5.41, 5.74) is 0. The van der Waals surface area contributed by atoms with Gasteiger partial charge in [-0.1, -0.05) is 0 Å². The summed E-state index contributed by atoms with van der Waals surface area (Å²) in [4.78, 5) is 4.14. The molecule has 11 heavy (non-hydrogen) atoms. The van der Waals surface area contributed by atoms with E-state index in [0.717, 1.165) is 18.1 Å². The van der Waals surface area contributed by atoms with Crippen LogP contribution in [0.4, 0.5) is 0 Å². The first kappa shape index (κ1) is 8.65. The second-order valence-corrected chi connectivity index (χ2v) is 3.05. The molecule has 1 heterocycles. The van der Waals surface area contributed by atoms with Crippen LogP contribution in [0.2, 0.25) is 0 Å². The maximum atomic E-state index is 4.15. The van der Waals surface area contributed by atoms with Crippen LogP contribution in [0.1, 0.15) is 18.7 Å². The van der Waals surface area contributed by atoms with Gasteiger partial charge in [-0.25, -0.2) is 4.98 Å². The van der Waals surface area contributed by atoms with Gasteiger partial charge < -0.3 is 4.57 Å². The molecule has 1 aromatic heterocycles. The molecule has 0 spiro atoms. The Hall–Kier alpha value is -0.440. The van der Waals surface area contributed by atoms with Gasteiger partial charge >= 0.3 is 0 Å². The number of unbranched alkanes of at least 4 members (excludes halogenated alkanes) is 1. The van der Waals surface area contributed by atoms with E-state index in [1.807, 2.05) is 19.3 Å². The Kier molecular flexibility index (Phi) is 3.49. The van der Waals surface area contributed by atoms with E-state index >= 15 is 0 Å². The summed E-state index contributed by atoms with van der Waals surface area (Å²) in [7, 11) is 0. The van der Waals surface area contributed by atoms with Gasteiger partial charge in [0.15, 0.2) is 0 Å². The minimum atomic E-state index is 0.980.